The van der Waals surface area contributed by atoms with Gasteiger partial charge >= 0.3 is 0 Å². The largest absolute Gasteiger partial charge is 0.345 e. The lowest BCUT2D eigenvalue weighted by Gasteiger charge is -2.56. The van der Waals surface area contributed by atoms with E-state index in [2.05, 4.69) is 15.3 Å². The number of hydrogen-bond donors (Lipinski definition) is 2. The van der Waals surface area contributed by atoms with E-state index < -0.39 is 0 Å². The Kier molecular flexibility index (Phi) is 2.50. The van der Waals surface area contributed by atoms with Gasteiger partial charge in [-0.15, -0.1) is 0 Å². The number of rotatable bonds is 2. The summed E-state index contributed by atoms with van der Waals surface area (Å²) >= 11 is 0. The third kappa shape index (κ3) is 1.89. The van der Waals surface area contributed by atoms with Crippen molar-refractivity contribution in [2.75, 3.05) is 0 Å². The first-order valence-electron chi connectivity index (χ1n) is 8.45. The molecule has 0 unspecified atom stereocenters. The molecule has 1 amide bonds. The molecule has 22 heavy (non-hydrogen) atoms. The number of carbonyl (C=O) groups excluding carboxylic acids is 1. The number of aromatic nitrogens is 2. The molecule has 0 radical (unpaired) electrons. The molecule has 4 saturated carbocycles. The molecule has 4 aliphatic carbocycles. The van der Waals surface area contributed by atoms with E-state index in [0.717, 1.165) is 28.8 Å². The van der Waals surface area contributed by atoms with Gasteiger partial charge in [0.15, 0.2) is 0 Å². The molecule has 6 rings (SSSR count). The topological polar surface area (TPSA) is 57.8 Å². The number of fused-ring (bicyclic) bond motifs is 1. The van der Waals surface area contributed by atoms with Crippen LogP contribution in [0.2, 0.25) is 0 Å². The molecule has 4 nitrogen and oxygen atoms in total. The normalized spacial score (nSPS) is 35.9. The molecule has 4 heteroatoms. The van der Waals surface area contributed by atoms with Gasteiger partial charge in [0.1, 0.15) is 11.3 Å². The highest BCUT2D eigenvalue weighted by Gasteiger charge is 2.51. The first kappa shape index (κ1) is 12.7. The number of H-pyrrole nitrogens is 1. The Balaban J connectivity index is 1.42. The molecule has 2 N–H and O–H groups in total. The highest BCUT2D eigenvalue weighted by molar-refractivity contribution is 5.97. The zero-order chi connectivity index (χ0) is 14.7. The zero-order valence-electron chi connectivity index (χ0n) is 12.6. The smallest absolute Gasteiger partial charge is 0.268 e. The van der Waals surface area contributed by atoms with Crippen molar-refractivity contribution in [2.24, 2.45) is 17.8 Å². The van der Waals surface area contributed by atoms with E-state index in [-0.39, 0.29) is 11.4 Å². The van der Waals surface area contributed by atoms with Crippen LogP contribution in [0.1, 0.15) is 49.0 Å². The van der Waals surface area contributed by atoms with Crippen molar-refractivity contribution in [3.63, 3.8) is 0 Å². The Hall–Kier alpha value is -1.84. The Morgan fingerprint density at radius 3 is 2.50 bits per heavy atom. The lowest BCUT2D eigenvalue weighted by Crippen LogP contribution is -2.59. The van der Waals surface area contributed by atoms with Gasteiger partial charge in [0, 0.05) is 17.1 Å². The van der Waals surface area contributed by atoms with Gasteiger partial charge < -0.3 is 10.3 Å². The molecule has 2 aromatic heterocycles. The van der Waals surface area contributed by atoms with Gasteiger partial charge in [-0.1, -0.05) is 0 Å². The molecule has 2 heterocycles. The van der Waals surface area contributed by atoms with E-state index in [1.165, 1.54) is 38.5 Å². The summed E-state index contributed by atoms with van der Waals surface area (Å²) in [4.78, 5) is 20.2. The summed E-state index contributed by atoms with van der Waals surface area (Å²) in [5, 5.41) is 4.40. The summed E-state index contributed by atoms with van der Waals surface area (Å²) in [7, 11) is 0. The summed E-state index contributed by atoms with van der Waals surface area (Å²) in [6.07, 6.45) is 9.48. The van der Waals surface area contributed by atoms with Crippen LogP contribution in [0.4, 0.5) is 0 Å². The second-order valence-electron chi connectivity index (χ2n) is 7.78. The molecule has 2 aromatic rings. The highest BCUT2D eigenvalue weighted by Crippen LogP contribution is 2.55. The molecule has 4 bridgehead atoms. The van der Waals surface area contributed by atoms with Crippen LogP contribution in [0.3, 0.4) is 0 Å². The second kappa shape index (κ2) is 4.34. The standard InChI is InChI=1S/C18H21N3O/c22-17(15-7-14-2-1-3-19-16(14)20-15)21-18-8-11-4-12(9-18)6-13(5-11)10-18/h1-3,7,11-13H,4-6,8-10H2,(H,19,20)(H,21,22). The maximum Gasteiger partial charge on any atom is 0.268 e. The van der Waals surface area contributed by atoms with Crippen molar-refractivity contribution in [1.82, 2.24) is 15.3 Å². The van der Waals surface area contributed by atoms with Crippen molar-refractivity contribution in [2.45, 2.75) is 44.1 Å². The number of nitrogens with zero attached hydrogens (tertiary/aromatic N) is 1. The summed E-state index contributed by atoms with van der Waals surface area (Å²) in [5.41, 5.74) is 1.50. The van der Waals surface area contributed by atoms with Crippen molar-refractivity contribution in [1.29, 1.82) is 0 Å². The molecule has 0 saturated heterocycles. The fourth-order valence-corrected chi connectivity index (χ4v) is 5.65. The SMILES string of the molecule is O=C(NC12CC3CC(CC(C3)C1)C2)c1cc2cccnc2[nH]1. The minimum atomic E-state index is 0.0416. The van der Waals surface area contributed by atoms with Crippen LogP contribution < -0.4 is 5.32 Å². The van der Waals surface area contributed by atoms with E-state index in [9.17, 15) is 4.79 Å². The third-order valence-corrected chi connectivity index (χ3v) is 6.05. The van der Waals surface area contributed by atoms with Gasteiger partial charge in [-0.05, 0) is 74.5 Å². The van der Waals surface area contributed by atoms with E-state index in [0.29, 0.717) is 5.69 Å². The average molecular weight is 295 g/mol. The zero-order valence-corrected chi connectivity index (χ0v) is 12.6. The van der Waals surface area contributed by atoms with Crippen molar-refractivity contribution >= 4 is 16.9 Å². The van der Waals surface area contributed by atoms with Crippen molar-refractivity contribution < 1.29 is 4.79 Å². The third-order valence-electron chi connectivity index (χ3n) is 6.05. The van der Waals surface area contributed by atoms with Crippen LogP contribution in [0.15, 0.2) is 24.4 Å². The monoisotopic (exact) mass is 295 g/mol. The molecule has 0 aromatic carbocycles. The first-order valence-corrected chi connectivity index (χ1v) is 8.45. The van der Waals surface area contributed by atoms with Crippen LogP contribution in [0.25, 0.3) is 11.0 Å². The molecule has 4 aliphatic rings. The molecular formula is C18H21N3O. The van der Waals surface area contributed by atoms with Crippen LogP contribution in [0.5, 0.6) is 0 Å². The van der Waals surface area contributed by atoms with E-state index in [4.69, 9.17) is 0 Å². The molecule has 4 fully saturated rings. The summed E-state index contributed by atoms with van der Waals surface area (Å²) in [5.74, 6) is 2.57. The molecule has 114 valence electrons. The van der Waals surface area contributed by atoms with Crippen molar-refractivity contribution in [3.8, 4) is 0 Å². The number of amides is 1. The maximum atomic E-state index is 12.7. The number of pyridine rings is 1. The number of hydrogen-bond acceptors (Lipinski definition) is 2. The van der Waals surface area contributed by atoms with Gasteiger partial charge in [0.25, 0.3) is 5.91 Å². The minimum absolute atomic E-state index is 0.0416. The van der Waals surface area contributed by atoms with E-state index in [1.54, 1.807) is 6.20 Å². The van der Waals surface area contributed by atoms with E-state index >= 15 is 0 Å². The van der Waals surface area contributed by atoms with Crippen LogP contribution >= 0.6 is 0 Å². The Morgan fingerprint density at radius 1 is 1.18 bits per heavy atom. The molecular weight excluding hydrogens is 274 g/mol. The van der Waals surface area contributed by atoms with Gasteiger partial charge in [0.2, 0.25) is 0 Å². The van der Waals surface area contributed by atoms with Crippen molar-refractivity contribution in [3.05, 3.63) is 30.1 Å². The summed E-state index contributed by atoms with van der Waals surface area (Å²) < 4.78 is 0. The Bertz CT molecular complexity index is 679. The van der Waals surface area contributed by atoms with Gasteiger partial charge in [-0.3, -0.25) is 4.79 Å². The predicted octanol–water partition coefficient (Wildman–Crippen LogP) is 3.26. The van der Waals surface area contributed by atoms with Gasteiger partial charge in [0.05, 0.1) is 0 Å². The quantitative estimate of drug-likeness (QED) is 0.893. The highest BCUT2D eigenvalue weighted by atomic mass is 16.2. The molecule has 0 spiro atoms. The lowest BCUT2D eigenvalue weighted by atomic mass is 9.53. The molecule has 0 atom stereocenters. The number of aromatic amines is 1. The number of nitrogens with one attached hydrogen (secondary N) is 2. The fraction of sp³-hybridized carbons (Fsp3) is 0.556. The number of carbonyl (C=O) groups is 1. The Morgan fingerprint density at radius 2 is 1.86 bits per heavy atom. The lowest BCUT2D eigenvalue weighted by molar-refractivity contribution is -0.0167. The summed E-state index contributed by atoms with van der Waals surface area (Å²) in [6, 6.07) is 5.80. The van der Waals surface area contributed by atoms with Crippen LogP contribution in [-0.2, 0) is 0 Å². The van der Waals surface area contributed by atoms with Gasteiger partial charge in [-0.25, -0.2) is 4.98 Å². The van der Waals surface area contributed by atoms with Crippen LogP contribution in [0, 0.1) is 17.8 Å². The average Bonchev–Trinajstić information content (AvgIpc) is 2.89. The molecule has 0 aliphatic heterocycles. The Labute approximate surface area is 129 Å². The maximum absolute atomic E-state index is 12.7. The van der Waals surface area contributed by atoms with Gasteiger partial charge in [-0.2, -0.15) is 0 Å². The van der Waals surface area contributed by atoms with E-state index in [1.807, 2.05) is 18.2 Å². The summed E-state index contributed by atoms with van der Waals surface area (Å²) in [6.45, 7) is 0. The second-order valence-corrected chi connectivity index (χ2v) is 7.78. The first-order chi connectivity index (χ1) is 10.7. The fourth-order valence-electron chi connectivity index (χ4n) is 5.65. The predicted molar refractivity (Wildman–Crippen MR) is 84.5 cm³/mol. The van der Waals surface area contributed by atoms with Crippen LogP contribution in [-0.4, -0.2) is 21.4 Å². The minimum Gasteiger partial charge on any atom is -0.345 e.